The van der Waals surface area contributed by atoms with Crippen LogP contribution in [0.3, 0.4) is 0 Å². The van der Waals surface area contributed by atoms with E-state index in [1.54, 1.807) is 0 Å². The molecule has 1 nitrogen and oxygen atoms in total. The van der Waals surface area contributed by atoms with Crippen molar-refractivity contribution in [3.8, 4) is 0 Å². The molecule has 0 amide bonds. The normalized spacial score (nSPS) is 12.1. The van der Waals surface area contributed by atoms with Gasteiger partial charge in [0.2, 0.25) is 0 Å². The molecular weight excluding hydrogens is 254 g/mol. The molecule has 2 N–H and O–H groups in total. The number of nitrogen functional groups attached to an aromatic ring is 1. The Kier molecular flexibility index (Phi) is 4.64. The Labute approximate surface area is 119 Å². The fourth-order valence-electron chi connectivity index (χ4n) is 2.01. The quantitative estimate of drug-likeness (QED) is 0.789. The van der Waals surface area contributed by atoms with Gasteiger partial charge in [0.1, 0.15) is 0 Å². The highest BCUT2D eigenvalue weighted by molar-refractivity contribution is 6.49. The standard InChI is InChI=1S/C17H18ClN/c1-13(11-12-14-7-3-2-4-8-14)17(18)15-9-5-6-10-16(15)19/h2-10H,11-12,19H2,1H3/b17-13+. The Hall–Kier alpha value is -1.73. The summed E-state index contributed by atoms with van der Waals surface area (Å²) in [6.45, 7) is 2.07. The molecule has 19 heavy (non-hydrogen) atoms. The Morgan fingerprint density at radius 1 is 1.00 bits per heavy atom. The number of rotatable bonds is 4. The van der Waals surface area contributed by atoms with E-state index in [-0.39, 0.29) is 0 Å². The van der Waals surface area contributed by atoms with E-state index in [4.69, 9.17) is 17.3 Å². The van der Waals surface area contributed by atoms with Gasteiger partial charge in [-0.05, 0) is 31.4 Å². The van der Waals surface area contributed by atoms with Crippen molar-refractivity contribution in [2.24, 2.45) is 0 Å². The van der Waals surface area contributed by atoms with Crippen LogP contribution >= 0.6 is 11.6 Å². The van der Waals surface area contributed by atoms with Crippen molar-refractivity contribution in [1.29, 1.82) is 0 Å². The molecule has 0 unspecified atom stereocenters. The molecule has 0 atom stereocenters. The van der Waals surface area contributed by atoms with E-state index >= 15 is 0 Å². The maximum Gasteiger partial charge on any atom is 0.0488 e. The summed E-state index contributed by atoms with van der Waals surface area (Å²) in [6.07, 6.45) is 1.94. The molecule has 0 heterocycles. The molecule has 0 saturated carbocycles. The van der Waals surface area contributed by atoms with Gasteiger partial charge in [-0.3, -0.25) is 0 Å². The molecule has 2 rings (SSSR count). The van der Waals surface area contributed by atoms with Crippen LogP contribution in [0.4, 0.5) is 5.69 Å². The first-order valence-electron chi connectivity index (χ1n) is 6.42. The number of halogens is 1. The van der Waals surface area contributed by atoms with E-state index in [0.717, 1.165) is 29.1 Å². The van der Waals surface area contributed by atoms with E-state index in [0.29, 0.717) is 0 Å². The topological polar surface area (TPSA) is 26.0 Å². The minimum absolute atomic E-state index is 0.728. The summed E-state index contributed by atoms with van der Waals surface area (Å²) in [7, 11) is 0. The lowest BCUT2D eigenvalue weighted by molar-refractivity contribution is 0.947. The molecule has 0 saturated heterocycles. The Morgan fingerprint density at radius 3 is 2.32 bits per heavy atom. The van der Waals surface area contributed by atoms with Crippen LogP contribution in [0.25, 0.3) is 5.03 Å². The Morgan fingerprint density at radius 2 is 1.63 bits per heavy atom. The predicted molar refractivity (Wildman–Crippen MR) is 84.1 cm³/mol. The first-order chi connectivity index (χ1) is 9.18. The minimum Gasteiger partial charge on any atom is -0.398 e. The van der Waals surface area contributed by atoms with E-state index in [1.165, 1.54) is 11.1 Å². The van der Waals surface area contributed by atoms with Gasteiger partial charge in [0.25, 0.3) is 0 Å². The van der Waals surface area contributed by atoms with Gasteiger partial charge in [0, 0.05) is 16.3 Å². The van der Waals surface area contributed by atoms with Gasteiger partial charge in [-0.1, -0.05) is 65.7 Å². The van der Waals surface area contributed by atoms with Crippen LogP contribution in [-0.2, 0) is 6.42 Å². The van der Waals surface area contributed by atoms with Crippen molar-refractivity contribution in [1.82, 2.24) is 0 Å². The van der Waals surface area contributed by atoms with E-state index in [2.05, 4.69) is 31.2 Å². The maximum atomic E-state index is 6.43. The average Bonchev–Trinajstić information content (AvgIpc) is 2.45. The van der Waals surface area contributed by atoms with Gasteiger partial charge >= 0.3 is 0 Å². The average molecular weight is 272 g/mol. The zero-order valence-corrected chi connectivity index (χ0v) is 11.8. The van der Waals surface area contributed by atoms with Crippen molar-refractivity contribution in [3.05, 3.63) is 71.3 Å². The second-order valence-corrected chi connectivity index (χ2v) is 5.05. The van der Waals surface area contributed by atoms with Crippen LogP contribution in [0.1, 0.15) is 24.5 Å². The summed E-state index contributed by atoms with van der Waals surface area (Å²) >= 11 is 6.43. The number of benzene rings is 2. The fourth-order valence-corrected chi connectivity index (χ4v) is 2.28. The lowest BCUT2D eigenvalue weighted by atomic mass is 10.0. The van der Waals surface area contributed by atoms with Crippen LogP contribution in [0, 0.1) is 0 Å². The minimum atomic E-state index is 0.728. The molecule has 0 radical (unpaired) electrons. The molecule has 2 aromatic rings. The van der Waals surface area contributed by atoms with E-state index in [9.17, 15) is 0 Å². The fraction of sp³-hybridized carbons (Fsp3) is 0.176. The predicted octanol–water partition coefficient (Wildman–Crippen LogP) is 4.87. The van der Waals surface area contributed by atoms with E-state index in [1.807, 2.05) is 30.3 Å². The van der Waals surface area contributed by atoms with Crippen LogP contribution in [0.5, 0.6) is 0 Å². The lowest BCUT2D eigenvalue weighted by Gasteiger charge is -2.09. The molecule has 0 aliphatic rings. The highest BCUT2D eigenvalue weighted by Crippen LogP contribution is 2.29. The summed E-state index contributed by atoms with van der Waals surface area (Å²) in [5.74, 6) is 0. The smallest absolute Gasteiger partial charge is 0.0488 e. The number of para-hydroxylation sites is 1. The number of nitrogens with two attached hydrogens (primary N) is 1. The lowest BCUT2D eigenvalue weighted by Crippen LogP contribution is -1.93. The van der Waals surface area contributed by atoms with Gasteiger partial charge in [0.05, 0.1) is 0 Å². The number of allylic oxidation sites excluding steroid dienone is 1. The highest BCUT2D eigenvalue weighted by Gasteiger charge is 2.06. The molecule has 2 heteroatoms. The zero-order chi connectivity index (χ0) is 13.7. The zero-order valence-electron chi connectivity index (χ0n) is 11.1. The van der Waals surface area contributed by atoms with Crippen molar-refractivity contribution in [2.45, 2.75) is 19.8 Å². The van der Waals surface area contributed by atoms with Crippen molar-refractivity contribution in [2.75, 3.05) is 5.73 Å². The second kappa shape index (κ2) is 6.44. The Bertz CT molecular complexity index is 573. The van der Waals surface area contributed by atoms with Gasteiger partial charge in [-0.25, -0.2) is 0 Å². The van der Waals surface area contributed by atoms with Gasteiger partial charge in [-0.15, -0.1) is 0 Å². The number of anilines is 1. The van der Waals surface area contributed by atoms with Crippen molar-refractivity contribution in [3.63, 3.8) is 0 Å². The summed E-state index contributed by atoms with van der Waals surface area (Å²) < 4.78 is 0. The van der Waals surface area contributed by atoms with Crippen LogP contribution < -0.4 is 5.73 Å². The van der Waals surface area contributed by atoms with Crippen LogP contribution in [-0.4, -0.2) is 0 Å². The summed E-state index contributed by atoms with van der Waals surface area (Å²) in [6, 6.07) is 18.1. The van der Waals surface area contributed by atoms with Gasteiger partial charge < -0.3 is 5.73 Å². The monoisotopic (exact) mass is 271 g/mol. The highest BCUT2D eigenvalue weighted by atomic mass is 35.5. The first kappa shape index (κ1) is 13.7. The van der Waals surface area contributed by atoms with Crippen LogP contribution in [0.15, 0.2) is 60.2 Å². The molecule has 0 aromatic heterocycles. The third-order valence-corrected chi connectivity index (χ3v) is 3.73. The summed E-state index contributed by atoms with van der Waals surface area (Å²) in [5.41, 5.74) is 10.1. The third kappa shape index (κ3) is 3.62. The Balaban J connectivity index is 2.12. The molecule has 0 aliphatic carbocycles. The molecule has 0 spiro atoms. The second-order valence-electron chi connectivity index (χ2n) is 4.67. The molecule has 0 fully saturated rings. The summed E-state index contributed by atoms with van der Waals surface area (Å²) in [4.78, 5) is 0. The van der Waals surface area contributed by atoms with E-state index < -0.39 is 0 Å². The molecular formula is C17H18ClN. The van der Waals surface area contributed by atoms with Gasteiger partial charge in [0.15, 0.2) is 0 Å². The molecule has 0 bridgehead atoms. The number of aryl methyl sites for hydroxylation is 1. The largest absolute Gasteiger partial charge is 0.398 e. The summed E-state index contributed by atoms with van der Waals surface area (Å²) in [5, 5.41) is 0.772. The molecule has 98 valence electrons. The molecule has 0 aliphatic heterocycles. The van der Waals surface area contributed by atoms with Crippen LogP contribution in [0.2, 0.25) is 0 Å². The van der Waals surface area contributed by atoms with Crippen molar-refractivity contribution < 1.29 is 0 Å². The first-order valence-corrected chi connectivity index (χ1v) is 6.80. The van der Waals surface area contributed by atoms with Crippen molar-refractivity contribution >= 4 is 22.3 Å². The van der Waals surface area contributed by atoms with Gasteiger partial charge in [-0.2, -0.15) is 0 Å². The third-order valence-electron chi connectivity index (χ3n) is 3.20. The maximum absolute atomic E-state index is 6.43. The number of hydrogen-bond acceptors (Lipinski definition) is 1. The SMILES string of the molecule is C/C(CCc1ccccc1)=C(\Cl)c1ccccc1N. The number of hydrogen-bond donors (Lipinski definition) is 1. The molecule has 2 aromatic carbocycles.